The lowest BCUT2D eigenvalue weighted by Gasteiger charge is -2.01. The molecule has 0 atom stereocenters. The summed E-state index contributed by atoms with van der Waals surface area (Å²) in [6, 6.07) is 1.98. The van der Waals surface area contributed by atoms with Gasteiger partial charge in [-0.05, 0) is 6.92 Å². The molecule has 0 aliphatic carbocycles. The van der Waals surface area contributed by atoms with Gasteiger partial charge in [0.15, 0.2) is 0 Å². The SMILES string of the molecule is Cc1nccn(CCC#N)c1=O. The number of rotatable bonds is 2. The summed E-state index contributed by atoms with van der Waals surface area (Å²) >= 11 is 0. The highest BCUT2D eigenvalue weighted by Crippen LogP contribution is 1.86. The van der Waals surface area contributed by atoms with E-state index in [9.17, 15) is 4.79 Å². The third-order valence-corrected chi connectivity index (χ3v) is 1.55. The van der Waals surface area contributed by atoms with Crippen LogP contribution in [0.2, 0.25) is 0 Å². The van der Waals surface area contributed by atoms with Gasteiger partial charge in [-0.3, -0.25) is 9.78 Å². The van der Waals surface area contributed by atoms with Crippen LogP contribution in [-0.4, -0.2) is 9.55 Å². The molecular formula is C8H9N3O. The molecule has 0 aliphatic heterocycles. The average Bonchev–Trinajstić information content (AvgIpc) is 2.08. The van der Waals surface area contributed by atoms with Crippen molar-refractivity contribution in [2.24, 2.45) is 0 Å². The minimum Gasteiger partial charge on any atom is -0.311 e. The first-order valence-electron chi connectivity index (χ1n) is 3.64. The first-order chi connectivity index (χ1) is 5.75. The van der Waals surface area contributed by atoms with E-state index in [-0.39, 0.29) is 5.56 Å². The summed E-state index contributed by atoms with van der Waals surface area (Å²) in [7, 11) is 0. The number of nitrogens with zero attached hydrogens (tertiary/aromatic N) is 3. The molecule has 0 saturated carbocycles. The third-order valence-electron chi connectivity index (χ3n) is 1.55. The van der Waals surface area contributed by atoms with Gasteiger partial charge in [-0.2, -0.15) is 5.26 Å². The molecular weight excluding hydrogens is 154 g/mol. The van der Waals surface area contributed by atoms with E-state index in [0.29, 0.717) is 18.7 Å². The van der Waals surface area contributed by atoms with Gasteiger partial charge >= 0.3 is 0 Å². The lowest BCUT2D eigenvalue weighted by Crippen LogP contribution is -2.22. The monoisotopic (exact) mass is 163 g/mol. The molecule has 0 unspecified atom stereocenters. The first-order valence-corrected chi connectivity index (χ1v) is 3.64. The Morgan fingerprint density at radius 3 is 3.17 bits per heavy atom. The summed E-state index contributed by atoms with van der Waals surface area (Å²) in [4.78, 5) is 15.1. The number of hydrogen-bond acceptors (Lipinski definition) is 3. The fourth-order valence-corrected chi connectivity index (χ4v) is 0.903. The van der Waals surface area contributed by atoms with Crippen LogP contribution in [0.25, 0.3) is 0 Å². The fraction of sp³-hybridized carbons (Fsp3) is 0.375. The molecule has 62 valence electrons. The number of hydrogen-bond donors (Lipinski definition) is 0. The quantitative estimate of drug-likeness (QED) is 0.636. The van der Waals surface area contributed by atoms with E-state index in [1.165, 1.54) is 4.57 Å². The van der Waals surface area contributed by atoms with E-state index in [1.807, 2.05) is 6.07 Å². The lowest BCUT2D eigenvalue weighted by molar-refractivity contribution is 0.672. The van der Waals surface area contributed by atoms with Crippen molar-refractivity contribution >= 4 is 0 Å². The maximum atomic E-state index is 11.3. The molecule has 0 spiro atoms. The third kappa shape index (κ3) is 1.70. The highest BCUT2D eigenvalue weighted by atomic mass is 16.1. The Morgan fingerprint density at radius 2 is 2.50 bits per heavy atom. The van der Waals surface area contributed by atoms with Crippen LogP contribution in [0.3, 0.4) is 0 Å². The molecule has 1 aromatic rings. The van der Waals surface area contributed by atoms with Gasteiger partial charge in [-0.25, -0.2) is 0 Å². The molecule has 4 nitrogen and oxygen atoms in total. The van der Waals surface area contributed by atoms with Gasteiger partial charge in [0.1, 0.15) is 5.69 Å². The second-order valence-corrected chi connectivity index (χ2v) is 2.42. The molecule has 1 rings (SSSR count). The van der Waals surface area contributed by atoms with Crippen molar-refractivity contribution in [2.75, 3.05) is 0 Å². The zero-order valence-electron chi connectivity index (χ0n) is 6.82. The van der Waals surface area contributed by atoms with Crippen molar-refractivity contribution < 1.29 is 0 Å². The van der Waals surface area contributed by atoms with Crippen LogP contribution in [0.5, 0.6) is 0 Å². The Balaban J connectivity index is 2.95. The molecule has 0 aliphatic rings. The lowest BCUT2D eigenvalue weighted by atomic mass is 10.4. The predicted octanol–water partition coefficient (Wildman–Crippen LogP) is 0.465. The molecule has 0 bridgehead atoms. The van der Waals surface area contributed by atoms with Crippen molar-refractivity contribution in [3.05, 3.63) is 28.4 Å². The molecule has 0 amide bonds. The number of aryl methyl sites for hydroxylation is 2. The van der Waals surface area contributed by atoms with Crippen LogP contribution in [-0.2, 0) is 6.54 Å². The van der Waals surface area contributed by atoms with Crippen molar-refractivity contribution in [2.45, 2.75) is 19.9 Å². The first kappa shape index (κ1) is 8.47. The highest BCUT2D eigenvalue weighted by molar-refractivity contribution is 4.94. The molecule has 0 radical (unpaired) electrons. The Morgan fingerprint density at radius 1 is 1.75 bits per heavy atom. The molecule has 1 aromatic heterocycles. The maximum absolute atomic E-state index is 11.3. The fourth-order valence-electron chi connectivity index (χ4n) is 0.903. The molecule has 1 heterocycles. The Hall–Kier alpha value is -1.63. The molecule has 4 heteroatoms. The number of nitriles is 1. The molecule has 0 fully saturated rings. The normalized spacial score (nSPS) is 9.33. The Labute approximate surface area is 70.1 Å². The van der Waals surface area contributed by atoms with Gasteiger partial charge in [-0.15, -0.1) is 0 Å². The molecule has 0 saturated heterocycles. The van der Waals surface area contributed by atoms with Gasteiger partial charge < -0.3 is 4.57 Å². The second kappa shape index (κ2) is 3.67. The van der Waals surface area contributed by atoms with Crippen LogP contribution in [0.15, 0.2) is 17.2 Å². The molecule has 0 aromatic carbocycles. The van der Waals surface area contributed by atoms with E-state index in [0.717, 1.165) is 0 Å². The summed E-state index contributed by atoms with van der Waals surface area (Å²) in [6.07, 6.45) is 3.50. The van der Waals surface area contributed by atoms with Crippen LogP contribution in [0.1, 0.15) is 12.1 Å². The Bertz CT molecular complexity index is 361. The average molecular weight is 163 g/mol. The summed E-state index contributed by atoms with van der Waals surface area (Å²) in [5.74, 6) is 0. The zero-order chi connectivity index (χ0) is 8.97. The van der Waals surface area contributed by atoms with Crippen molar-refractivity contribution in [3.63, 3.8) is 0 Å². The smallest absolute Gasteiger partial charge is 0.271 e. The zero-order valence-corrected chi connectivity index (χ0v) is 6.82. The Kier molecular flexibility index (Phi) is 2.59. The number of aromatic nitrogens is 2. The summed E-state index contributed by atoms with van der Waals surface area (Å²) in [5.41, 5.74) is 0.350. The van der Waals surface area contributed by atoms with Gasteiger partial charge in [0, 0.05) is 18.9 Å². The minimum absolute atomic E-state index is 0.118. The standard InChI is InChI=1S/C8H9N3O/c1-7-8(12)11(5-2-3-9)6-4-10-7/h4,6H,2,5H2,1H3. The van der Waals surface area contributed by atoms with Gasteiger partial charge in [0.2, 0.25) is 0 Å². The van der Waals surface area contributed by atoms with Gasteiger partial charge in [0.25, 0.3) is 5.56 Å². The van der Waals surface area contributed by atoms with Crippen molar-refractivity contribution in [1.82, 2.24) is 9.55 Å². The van der Waals surface area contributed by atoms with E-state index < -0.39 is 0 Å². The summed E-state index contributed by atoms with van der Waals surface area (Å²) in [6.45, 7) is 2.10. The predicted molar refractivity (Wildman–Crippen MR) is 43.5 cm³/mol. The van der Waals surface area contributed by atoms with Crippen LogP contribution < -0.4 is 5.56 Å². The summed E-state index contributed by atoms with van der Waals surface area (Å²) in [5, 5.41) is 8.31. The van der Waals surface area contributed by atoms with Crippen LogP contribution in [0, 0.1) is 18.3 Å². The van der Waals surface area contributed by atoms with Crippen molar-refractivity contribution in [1.29, 1.82) is 5.26 Å². The van der Waals surface area contributed by atoms with E-state index in [2.05, 4.69) is 4.98 Å². The highest BCUT2D eigenvalue weighted by Gasteiger charge is 1.97. The molecule has 0 N–H and O–H groups in total. The van der Waals surface area contributed by atoms with Gasteiger partial charge in [0.05, 0.1) is 12.5 Å². The maximum Gasteiger partial charge on any atom is 0.271 e. The minimum atomic E-state index is -0.118. The van der Waals surface area contributed by atoms with Crippen molar-refractivity contribution in [3.8, 4) is 6.07 Å². The van der Waals surface area contributed by atoms with E-state index in [1.54, 1.807) is 19.3 Å². The second-order valence-electron chi connectivity index (χ2n) is 2.42. The van der Waals surface area contributed by atoms with Crippen LogP contribution >= 0.6 is 0 Å². The molecule has 12 heavy (non-hydrogen) atoms. The van der Waals surface area contributed by atoms with Crippen LogP contribution in [0.4, 0.5) is 0 Å². The summed E-state index contributed by atoms with van der Waals surface area (Å²) < 4.78 is 1.49. The van der Waals surface area contributed by atoms with Gasteiger partial charge in [-0.1, -0.05) is 0 Å². The largest absolute Gasteiger partial charge is 0.311 e. The topological polar surface area (TPSA) is 58.7 Å². The van der Waals surface area contributed by atoms with E-state index in [4.69, 9.17) is 5.26 Å². The van der Waals surface area contributed by atoms with E-state index >= 15 is 0 Å².